The van der Waals surface area contributed by atoms with Crippen LogP contribution < -0.4 is 5.32 Å². The zero-order valence-corrected chi connectivity index (χ0v) is 12.8. The zero-order valence-electron chi connectivity index (χ0n) is 11.9. The van der Waals surface area contributed by atoms with E-state index in [-0.39, 0.29) is 29.3 Å². The van der Waals surface area contributed by atoms with Crippen LogP contribution in [0.2, 0.25) is 0 Å². The van der Waals surface area contributed by atoms with Crippen molar-refractivity contribution in [2.45, 2.75) is 25.9 Å². The Labute approximate surface area is 127 Å². The van der Waals surface area contributed by atoms with Gasteiger partial charge in [0.1, 0.15) is 0 Å². The Morgan fingerprint density at radius 2 is 2.00 bits per heavy atom. The Morgan fingerprint density at radius 3 is 2.67 bits per heavy atom. The van der Waals surface area contributed by atoms with E-state index < -0.39 is 0 Å². The molecule has 1 unspecified atom stereocenters. The quantitative estimate of drug-likeness (QED) is 0.634. The number of thiophene rings is 1. The molecule has 1 aromatic carbocycles. The highest BCUT2D eigenvalue weighted by atomic mass is 32.1. The highest BCUT2D eigenvalue weighted by Gasteiger charge is 2.17. The normalized spacial score (nSPS) is 13.9. The van der Waals surface area contributed by atoms with Crippen molar-refractivity contribution < 1.29 is 10.0 Å². The predicted molar refractivity (Wildman–Crippen MR) is 84.5 cm³/mol. The van der Waals surface area contributed by atoms with Crippen molar-refractivity contribution in [1.29, 1.82) is 0 Å². The van der Waals surface area contributed by atoms with E-state index in [0.717, 1.165) is 9.75 Å². The second-order valence-electron chi connectivity index (χ2n) is 4.95. The molecule has 1 aromatic heterocycles. The van der Waals surface area contributed by atoms with Crippen LogP contribution in [0.1, 0.15) is 24.8 Å². The van der Waals surface area contributed by atoms with E-state index in [1.807, 2.05) is 26.0 Å². The van der Waals surface area contributed by atoms with Gasteiger partial charge in [0.2, 0.25) is 0 Å². The fourth-order valence-corrected chi connectivity index (χ4v) is 3.19. The van der Waals surface area contributed by atoms with Crippen LogP contribution in [0.5, 0.6) is 0 Å². The van der Waals surface area contributed by atoms with Crippen molar-refractivity contribution >= 4 is 17.0 Å². The lowest BCUT2D eigenvalue weighted by atomic mass is 10.1. The van der Waals surface area contributed by atoms with E-state index in [2.05, 4.69) is 5.32 Å². The highest BCUT2D eigenvalue weighted by molar-refractivity contribution is 7.15. The van der Waals surface area contributed by atoms with Gasteiger partial charge < -0.3 is 10.4 Å². The van der Waals surface area contributed by atoms with Crippen LogP contribution in [0.4, 0.5) is 5.69 Å². The molecular weight excluding hydrogens is 288 g/mol. The number of para-hydroxylation sites is 1. The number of aliphatic hydroxyl groups is 1. The molecule has 1 heterocycles. The summed E-state index contributed by atoms with van der Waals surface area (Å²) in [4.78, 5) is 12.7. The number of nitro groups is 1. The van der Waals surface area contributed by atoms with Crippen LogP contribution in [0.25, 0.3) is 10.4 Å². The molecule has 0 spiro atoms. The standard InChI is InChI=1S/C15H18N2O3S/c1-10(9-18)16-11(2)14-7-8-15(21-14)12-5-3-4-6-13(12)17(19)20/h3-8,10-11,16,18H,9H2,1-2H3/t10-,11?/m1/s1. The van der Waals surface area contributed by atoms with Gasteiger partial charge in [0.05, 0.1) is 17.1 Å². The average Bonchev–Trinajstić information content (AvgIpc) is 2.96. The molecule has 2 N–H and O–H groups in total. The largest absolute Gasteiger partial charge is 0.395 e. The number of rotatable bonds is 6. The number of aliphatic hydroxyl groups excluding tert-OH is 1. The van der Waals surface area contributed by atoms with Gasteiger partial charge in [-0.1, -0.05) is 12.1 Å². The topological polar surface area (TPSA) is 75.4 Å². The van der Waals surface area contributed by atoms with E-state index >= 15 is 0 Å². The van der Waals surface area contributed by atoms with E-state index in [1.54, 1.807) is 18.2 Å². The maximum atomic E-state index is 11.1. The van der Waals surface area contributed by atoms with Gasteiger partial charge in [0.25, 0.3) is 5.69 Å². The minimum absolute atomic E-state index is 0.0108. The molecule has 0 amide bonds. The van der Waals surface area contributed by atoms with Gasteiger partial charge in [-0.2, -0.15) is 0 Å². The lowest BCUT2D eigenvalue weighted by Crippen LogP contribution is -2.31. The molecule has 6 heteroatoms. The molecule has 0 fully saturated rings. The fourth-order valence-electron chi connectivity index (χ4n) is 2.13. The summed E-state index contributed by atoms with van der Waals surface area (Å²) in [5.74, 6) is 0. The molecule has 0 aliphatic heterocycles. The first-order chi connectivity index (χ1) is 10.0. The molecule has 0 aliphatic carbocycles. The molecule has 0 aliphatic rings. The van der Waals surface area contributed by atoms with Gasteiger partial charge in [-0.15, -0.1) is 11.3 Å². The van der Waals surface area contributed by atoms with Gasteiger partial charge in [0, 0.05) is 27.9 Å². The molecule has 0 bridgehead atoms. The minimum Gasteiger partial charge on any atom is -0.395 e. The van der Waals surface area contributed by atoms with Crippen molar-refractivity contribution in [1.82, 2.24) is 5.32 Å². The van der Waals surface area contributed by atoms with Crippen molar-refractivity contribution in [3.05, 3.63) is 51.4 Å². The van der Waals surface area contributed by atoms with Gasteiger partial charge in [-0.05, 0) is 32.0 Å². The third-order valence-electron chi connectivity index (χ3n) is 3.23. The molecule has 5 nitrogen and oxygen atoms in total. The molecule has 0 saturated carbocycles. The molecule has 2 aromatic rings. The van der Waals surface area contributed by atoms with Crippen molar-refractivity contribution in [2.75, 3.05) is 6.61 Å². The van der Waals surface area contributed by atoms with Gasteiger partial charge in [-0.3, -0.25) is 10.1 Å². The molecule has 2 atom stereocenters. The van der Waals surface area contributed by atoms with Crippen LogP contribution in [0.3, 0.4) is 0 Å². The summed E-state index contributed by atoms with van der Waals surface area (Å²) in [6, 6.07) is 10.7. The van der Waals surface area contributed by atoms with Crippen molar-refractivity contribution in [3.8, 4) is 10.4 Å². The summed E-state index contributed by atoms with van der Waals surface area (Å²) < 4.78 is 0. The first-order valence-corrected chi connectivity index (χ1v) is 7.55. The first-order valence-electron chi connectivity index (χ1n) is 6.73. The summed E-state index contributed by atoms with van der Waals surface area (Å²) in [6.07, 6.45) is 0. The monoisotopic (exact) mass is 306 g/mol. The van der Waals surface area contributed by atoms with Gasteiger partial charge in [-0.25, -0.2) is 0 Å². The molecular formula is C15H18N2O3S. The predicted octanol–water partition coefficient (Wildman–Crippen LogP) is 3.35. The zero-order chi connectivity index (χ0) is 15.4. The Balaban J connectivity index is 2.26. The lowest BCUT2D eigenvalue weighted by molar-refractivity contribution is -0.384. The molecule has 112 valence electrons. The van der Waals surface area contributed by atoms with E-state index in [0.29, 0.717) is 5.56 Å². The van der Waals surface area contributed by atoms with Gasteiger partial charge in [0.15, 0.2) is 0 Å². The number of nitrogens with zero attached hydrogens (tertiary/aromatic N) is 1. The van der Waals surface area contributed by atoms with Crippen LogP contribution in [0.15, 0.2) is 36.4 Å². The Morgan fingerprint density at radius 1 is 1.29 bits per heavy atom. The molecule has 21 heavy (non-hydrogen) atoms. The molecule has 2 rings (SSSR count). The molecule has 0 radical (unpaired) electrons. The Hall–Kier alpha value is -1.76. The number of hydrogen-bond acceptors (Lipinski definition) is 5. The third-order valence-corrected chi connectivity index (χ3v) is 4.53. The summed E-state index contributed by atoms with van der Waals surface area (Å²) in [5.41, 5.74) is 0.761. The van der Waals surface area contributed by atoms with Crippen LogP contribution >= 0.6 is 11.3 Å². The first kappa shape index (κ1) is 15.6. The van der Waals surface area contributed by atoms with Crippen LogP contribution in [0, 0.1) is 10.1 Å². The average molecular weight is 306 g/mol. The Kier molecular flexibility index (Phi) is 5.06. The number of benzene rings is 1. The number of nitro benzene ring substituents is 1. The second kappa shape index (κ2) is 6.80. The van der Waals surface area contributed by atoms with Crippen molar-refractivity contribution in [2.24, 2.45) is 0 Å². The maximum Gasteiger partial charge on any atom is 0.278 e. The Bertz CT molecular complexity index is 627. The van der Waals surface area contributed by atoms with E-state index in [4.69, 9.17) is 5.11 Å². The SMILES string of the molecule is CC(N[C@H](C)CO)c1ccc(-c2ccccc2[N+](=O)[O-])s1. The van der Waals surface area contributed by atoms with Gasteiger partial charge >= 0.3 is 0 Å². The minimum atomic E-state index is -0.357. The number of nitrogens with one attached hydrogen (secondary N) is 1. The third kappa shape index (κ3) is 3.66. The number of hydrogen-bond donors (Lipinski definition) is 2. The van der Waals surface area contributed by atoms with E-state index in [9.17, 15) is 10.1 Å². The lowest BCUT2D eigenvalue weighted by Gasteiger charge is -2.16. The summed E-state index contributed by atoms with van der Waals surface area (Å²) in [7, 11) is 0. The summed E-state index contributed by atoms with van der Waals surface area (Å²) in [6.45, 7) is 4.00. The van der Waals surface area contributed by atoms with E-state index in [1.165, 1.54) is 17.4 Å². The van der Waals surface area contributed by atoms with Crippen LogP contribution in [-0.2, 0) is 0 Å². The smallest absolute Gasteiger partial charge is 0.278 e. The molecule has 0 saturated heterocycles. The fraction of sp³-hybridized carbons (Fsp3) is 0.333. The maximum absolute atomic E-state index is 11.1. The summed E-state index contributed by atoms with van der Waals surface area (Å²) in [5, 5.41) is 23.4. The van der Waals surface area contributed by atoms with Crippen molar-refractivity contribution in [3.63, 3.8) is 0 Å². The van der Waals surface area contributed by atoms with Crippen LogP contribution in [-0.4, -0.2) is 22.7 Å². The highest BCUT2D eigenvalue weighted by Crippen LogP contribution is 2.36. The summed E-state index contributed by atoms with van der Waals surface area (Å²) >= 11 is 1.53. The second-order valence-corrected chi connectivity index (χ2v) is 6.06.